The Labute approximate surface area is 196 Å². The lowest BCUT2D eigenvalue weighted by molar-refractivity contribution is 0.308. The Morgan fingerprint density at radius 3 is 1.88 bits per heavy atom. The van der Waals surface area contributed by atoms with E-state index in [1.807, 2.05) is 12.4 Å². The monoisotopic (exact) mass is 430 g/mol. The molecule has 2 aromatic carbocycles. The lowest BCUT2D eigenvalue weighted by Crippen LogP contribution is -2.13. The van der Waals surface area contributed by atoms with E-state index in [0.717, 1.165) is 23.0 Å². The number of nitrogens with zero attached hydrogens (tertiary/aromatic N) is 2. The van der Waals surface area contributed by atoms with Crippen molar-refractivity contribution in [2.75, 3.05) is 0 Å². The van der Waals surface area contributed by atoms with E-state index in [1.165, 1.54) is 88.2 Å². The normalized spacial score (nSPS) is 19.2. The van der Waals surface area contributed by atoms with Crippen LogP contribution in [0.5, 0.6) is 0 Å². The van der Waals surface area contributed by atoms with Crippen LogP contribution in [0, 0.1) is 5.92 Å². The molecule has 3 rings (SSSR count). The summed E-state index contributed by atoms with van der Waals surface area (Å²) in [4.78, 5) is 0. The SMILES string of the molecule is CCCCCCCc1ccc(C=NN=Cc2ccc(C3CCC(CCC)CC3)cc2)cc1. The Balaban J connectivity index is 1.41. The molecule has 0 radical (unpaired) electrons. The Bertz CT molecular complexity index is 809. The van der Waals surface area contributed by atoms with Gasteiger partial charge < -0.3 is 0 Å². The Kier molecular flexibility index (Phi) is 10.7. The Morgan fingerprint density at radius 2 is 1.28 bits per heavy atom. The van der Waals surface area contributed by atoms with Gasteiger partial charge >= 0.3 is 0 Å². The second-order valence-corrected chi connectivity index (χ2v) is 9.57. The van der Waals surface area contributed by atoms with Crippen molar-refractivity contribution in [3.05, 3.63) is 70.8 Å². The minimum absolute atomic E-state index is 0.742. The van der Waals surface area contributed by atoms with Gasteiger partial charge in [-0.15, -0.1) is 0 Å². The number of benzene rings is 2. The molecule has 32 heavy (non-hydrogen) atoms. The van der Waals surface area contributed by atoms with Crippen molar-refractivity contribution < 1.29 is 0 Å². The van der Waals surface area contributed by atoms with Crippen LogP contribution in [0.25, 0.3) is 0 Å². The van der Waals surface area contributed by atoms with Crippen LogP contribution in [-0.2, 0) is 6.42 Å². The number of hydrogen-bond donors (Lipinski definition) is 0. The van der Waals surface area contributed by atoms with E-state index in [4.69, 9.17) is 0 Å². The first-order valence-electron chi connectivity index (χ1n) is 13.0. The van der Waals surface area contributed by atoms with Crippen LogP contribution in [0.4, 0.5) is 0 Å². The molecule has 0 bridgehead atoms. The van der Waals surface area contributed by atoms with Crippen molar-refractivity contribution in [1.82, 2.24) is 0 Å². The van der Waals surface area contributed by atoms with Crippen LogP contribution in [-0.4, -0.2) is 12.4 Å². The lowest BCUT2D eigenvalue weighted by Gasteiger charge is -2.28. The first-order chi connectivity index (χ1) is 15.8. The molecule has 1 aliphatic carbocycles. The van der Waals surface area contributed by atoms with E-state index in [0.29, 0.717) is 0 Å². The van der Waals surface area contributed by atoms with Crippen LogP contribution in [0.1, 0.15) is 113 Å². The third-order valence-corrected chi connectivity index (χ3v) is 6.98. The molecule has 0 N–H and O–H groups in total. The molecule has 0 aliphatic heterocycles. The molecule has 0 aromatic heterocycles. The lowest BCUT2D eigenvalue weighted by atomic mass is 9.77. The average molecular weight is 431 g/mol. The highest BCUT2D eigenvalue weighted by atomic mass is 15.2. The highest BCUT2D eigenvalue weighted by Gasteiger charge is 2.21. The second kappa shape index (κ2) is 14.0. The van der Waals surface area contributed by atoms with Gasteiger partial charge in [-0.3, -0.25) is 0 Å². The number of hydrogen-bond acceptors (Lipinski definition) is 2. The van der Waals surface area contributed by atoms with E-state index in [9.17, 15) is 0 Å². The molecule has 0 amide bonds. The number of rotatable bonds is 12. The largest absolute Gasteiger partial charge is 0.159 e. The molecule has 2 aromatic rings. The minimum Gasteiger partial charge on any atom is -0.159 e. The summed E-state index contributed by atoms with van der Waals surface area (Å²) in [6.45, 7) is 4.57. The molecule has 1 aliphatic rings. The predicted octanol–water partition coefficient (Wildman–Crippen LogP) is 8.73. The van der Waals surface area contributed by atoms with Crippen molar-refractivity contribution in [3.63, 3.8) is 0 Å². The summed E-state index contributed by atoms with van der Waals surface area (Å²) in [6, 6.07) is 17.7. The van der Waals surface area contributed by atoms with E-state index >= 15 is 0 Å². The van der Waals surface area contributed by atoms with Crippen molar-refractivity contribution in [2.24, 2.45) is 16.1 Å². The molecular weight excluding hydrogens is 388 g/mol. The first kappa shape index (κ1) is 24.4. The van der Waals surface area contributed by atoms with Crippen LogP contribution in [0.15, 0.2) is 58.7 Å². The maximum Gasteiger partial charge on any atom is 0.0568 e. The zero-order valence-electron chi connectivity index (χ0n) is 20.3. The number of unbranched alkanes of at least 4 members (excludes halogenated alkanes) is 4. The van der Waals surface area contributed by atoms with Crippen molar-refractivity contribution >= 4 is 12.4 Å². The van der Waals surface area contributed by atoms with Crippen molar-refractivity contribution in [2.45, 2.75) is 96.8 Å². The van der Waals surface area contributed by atoms with E-state index in [1.54, 1.807) is 0 Å². The molecular formula is C30H42N2. The number of aryl methyl sites for hydroxylation is 1. The van der Waals surface area contributed by atoms with Gasteiger partial charge in [0.15, 0.2) is 0 Å². The van der Waals surface area contributed by atoms with Gasteiger partial charge in [0.25, 0.3) is 0 Å². The highest BCUT2D eigenvalue weighted by molar-refractivity contribution is 5.82. The Hall–Kier alpha value is -2.22. The van der Waals surface area contributed by atoms with Gasteiger partial charge in [-0.05, 0) is 72.6 Å². The van der Waals surface area contributed by atoms with Gasteiger partial charge in [0.05, 0.1) is 12.4 Å². The topological polar surface area (TPSA) is 24.7 Å². The van der Waals surface area contributed by atoms with Gasteiger partial charge in [-0.1, -0.05) is 101 Å². The fourth-order valence-corrected chi connectivity index (χ4v) is 4.95. The zero-order chi connectivity index (χ0) is 22.4. The molecule has 2 nitrogen and oxygen atoms in total. The van der Waals surface area contributed by atoms with Gasteiger partial charge in [-0.25, -0.2) is 0 Å². The zero-order valence-corrected chi connectivity index (χ0v) is 20.3. The molecule has 1 saturated carbocycles. The molecule has 0 saturated heterocycles. The fraction of sp³-hybridized carbons (Fsp3) is 0.533. The first-order valence-corrected chi connectivity index (χ1v) is 13.0. The summed E-state index contributed by atoms with van der Waals surface area (Å²) in [5.41, 5.74) is 5.13. The highest BCUT2D eigenvalue weighted by Crippen LogP contribution is 2.37. The molecule has 2 heteroatoms. The molecule has 0 heterocycles. The fourth-order valence-electron chi connectivity index (χ4n) is 4.95. The standard InChI is InChI=1S/C30H42N2/c1-3-5-6-7-8-10-26-11-13-27(14-12-26)23-31-32-24-28-17-21-30(22-18-28)29-19-15-25(9-4-2)16-20-29/h11-14,17-18,21-25,29H,3-10,15-16,19-20H2,1-2H3. The summed E-state index contributed by atoms with van der Waals surface area (Å²) in [6.07, 6.45) is 19.8. The van der Waals surface area contributed by atoms with Crippen LogP contribution < -0.4 is 0 Å². The summed E-state index contributed by atoms with van der Waals surface area (Å²) in [7, 11) is 0. The van der Waals surface area contributed by atoms with E-state index in [-0.39, 0.29) is 0 Å². The Morgan fingerprint density at radius 1 is 0.688 bits per heavy atom. The van der Waals surface area contributed by atoms with Crippen LogP contribution in [0.2, 0.25) is 0 Å². The van der Waals surface area contributed by atoms with Crippen LogP contribution in [0.3, 0.4) is 0 Å². The molecule has 172 valence electrons. The summed E-state index contributed by atoms with van der Waals surface area (Å²) < 4.78 is 0. The second-order valence-electron chi connectivity index (χ2n) is 9.57. The van der Waals surface area contributed by atoms with E-state index in [2.05, 4.69) is 72.6 Å². The predicted molar refractivity (Wildman–Crippen MR) is 140 cm³/mol. The molecule has 0 atom stereocenters. The summed E-state index contributed by atoms with van der Waals surface area (Å²) >= 11 is 0. The molecule has 1 fully saturated rings. The van der Waals surface area contributed by atoms with E-state index < -0.39 is 0 Å². The van der Waals surface area contributed by atoms with Gasteiger partial charge in [0.1, 0.15) is 0 Å². The molecule has 0 spiro atoms. The van der Waals surface area contributed by atoms with Crippen molar-refractivity contribution in [3.8, 4) is 0 Å². The third-order valence-electron chi connectivity index (χ3n) is 6.98. The van der Waals surface area contributed by atoms with Crippen molar-refractivity contribution in [1.29, 1.82) is 0 Å². The third kappa shape index (κ3) is 8.37. The average Bonchev–Trinajstić information content (AvgIpc) is 2.84. The van der Waals surface area contributed by atoms with Gasteiger partial charge in [-0.2, -0.15) is 10.2 Å². The molecule has 0 unspecified atom stereocenters. The summed E-state index contributed by atoms with van der Waals surface area (Å²) in [5.74, 6) is 1.71. The van der Waals surface area contributed by atoms with Gasteiger partial charge in [0.2, 0.25) is 0 Å². The van der Waals surface area contributed by atoms with Gasteiger partial charge in [0, 0.05) is 0 Å². The quantitative estimate of drug-likeness (QED) is 0.183. The van der Waals surface area contributed by atoms with Crippen LogP contribution >= 0.6 is 0 Å². The maximum absolute atomic E-state index is 4.25. The summed E-state index contributed by atoms with van der Waals surface area (Å²) in [5, 5.41) is 8.50. The smallest absolute Gasteiger partial charge is 0.0568 e. The minimum atomic E-state index is 0.742. The maximum atomic E-state index is 4.25.